The first kappa shape index (κ1) is 16.4. The average Bonchev–Trinajstić information content (AvgIpc) is 2.87. The number of carbonyl (C=O) groups excluding carboxylic acids is 1. The molecule has 1 aliphatic rings. The van der Waals surface area contributed by atoms with Gasteiger partial charge in [0.1, 0.15) is 5.75 Å². The summed E-state index contributed by atoms with van der Waals surface area (Å²) in [5.74, 6) is -0.504. The fraction of sp³-hybridized carbons (Fsp3) is 0.250. The number of aromatic nitrogens is 1. The van der Waals surface area contributed by atoms with Gasteiger partial charge in [-0.1, -0.05) is 12.1 Å². The molecule has 126 valence electrons. The number of benzene rings is 1. The number of nitrogens with zero attached hydrogens (tertiary/aromatic N) is 2. The second kappa shape index (κ2) is 6.56. The van der Waals surface area contributed by atoms with E-state index in [1.165, 1.54) is 4.90 Å². The van der Waals surface area contributed by atoms with Gasteiger partial charge in [0.25, 0.3) is 0 Å². The molecule has 1 fully saturated rings. The maximum absolute atomic E-state index is 12.8. The highest BCUT2D eigenvalue weighted by Gasteiger charge is 2.33. The molecule has 6 nitrogen and oxygen atoms in total. The molecule has 1 atom stereocenters. The summed E-state index contributed by atoms with van der Waals surface area (Å²) in [5.41, 5.74) is 0.576. The Bertz CT molecular complexity index is 842. The standard InChI is InChI=1S/C16H15FN2O4S/c17-24(21,22)11-12-8-16(20)19(10-12)13-4-3-5-14(9-13)23-15-6-1-2-7-18-15/h1-7,9,12H,8,10-11H2. The van der Waals surface area contributed by atoms with E-state index in [9.17, 15) is 17.1 Å². The van der Waals surface area contributed by atoms with Gasteiger partial charge in [-0.25, -0.2) is 4.98 Å². The van der Waals surface area contributed by atoms with Gasteiger partial charge in [-0.05, 0) is 18.2 Å². The van der Waals surface area contributed by atoms with Gasteiger partial charge in [0.05, 0.1) is 5.75 Å². The van der Waals surface area contributed by atoms with Gasteiger partial charge in [0, 0.05) is 42.9 Å². The quantitative estimate of drug-likeness (QED) is 0.775. The van der Waals surface area contributed by atoms with Crippen LogP contribution in [-0.4, -0.2) is 31.6 Å². The van der Waals surface area contributed by atoms with Crippen LogP contribution in [0.1, 0.15) is 6.42 Å². The molecule has 3 rings (SSSR count). The Morgan fingerprint density at radius 2 is 2.08 bits per heavy atom. The number of amides is 1. The van der Waals surface area contributed by atoms with Gasteiger partial charge < -0.3 is 9.64 Å². The molecule has 1 aromatic heterocycles. The highest BCUT2D eigenvalue weighted by Crippen LogP contribution is 2.30. The molecule has 0 spiro atoms. The summed E-state index contributed by atoms with van der Waals surface area (Å²) in [7, 11) is -4.60. The lowest BCUT2D eigenvalue weighted by molar-refractivity contribution is -0.117. The van der Waals surface area contributed by atoms with E-state index in [4.69, 9.17) is 4.74 Å². The lowest BCUT2D eigenvalue weighted by Gasteiger charge is -2.17. The summed E-state index contributed by atoms with van der Waals surface area (Å²) in [5, 5.41) is 0. The molecular weight excluding hydrogens is 335 g/mol. The van der Waals surface area contributed by atoms with Crippen LogP contribution in [0.3, 0.4) is 0 Å². The number of halogens is 1. The summed E-state index contributed by atoms with van der Waals surface area (Å²) in [6.07, 6.45) is 1.61. The van der Waals surface area contributed by atoms with Crippen molar-refractivity contribution in [2.24, 2.45) is 5.92 Å². The molecule has 1 aliphatic heterocycles. The van der Waals surface area contributed by atoms with Crippen LogP contribution in [0, 0.1) is 5.92 Å². The lowest BCUT2D eigenvalue weighted by Crippen LogP contribution is -2.25. The van der Waals surface area contributed by atoms with Gasteiger partial charge in [-0.2, -0.15) is 8.42 Å². The molecule has 1 saturated heterocycles. The van der Waals surface area contributed by atoms with Crippen LogP contribution in [-0.2, 0) is 15.0 Å². The fourth-order valence-electron chi connectivity index (χ4n) is 2.67. The average molecular weight is 350 g/mol. The normalized spacial score (nSPS) is 18.0. The number of hydrogen-bond donors (Lipinski definition) is 0. The summed E-state index contributed by atoms with van der Waals surface area (Å²) < 4.78 is 40.0. The number of anilines is 1. The maximum atomic E-state index is 12.8. The molecule has 2 heterocycles. The molecular formula is C16H15FN2O4S. The Kier molecular flexibility index (Phi) is 4.48. The molecule has 0 N–H and O–H groups in total. The van der Waals surface area contributed by atoms with E-state index in [0.717, 1.165) is 0 Å². The van der Waals surface area contributed by atoms with E-state index >= 15 is 0 Å². The van der Waals surface area contributed by atoms with Crippen molar-refractivity contribution >= 4 is 21.8 Å². The minimum absolute atomic E-state index is 0.00841. The molecule has 0 radical (unpaired) electrons. The molecule has 0 saturated carbocycles. The van der Waals surface area contributed by atoms with E-state index in [1.807, 2.05) is 0 Å². The molecule has 2 aromatic rings. The largest absolute Gasteiger partial charge is 0.439 e. The molecule has 8 heteroatoms. The Labute approximate surface area is 139 Å². The van der Waals surface area contributed by atoms with Crippen LogP contribution in [0.5, 0.6) is 11.6 Å². The third-order valence-electron chi connectivity index (χ3n) is 3.63. The van der Waals surface area contributed by atoms with E-state index in [2.05, 4.69) is 4.98 Å². The van der Waals surface area contributed by atoms with Crippen LogP contribution in [0.15, 0.2) is 48.7 Å². The van der Waals surface area contributed by atoms with Gasteiger partial charge in [0.2, 0.25) is 11.8 Å². The van der Waals surface area contributed by atoms with Crippen molar-refractivity contribution in [3.05, 3.63) is 48.7 Å². The molecule has 24 heavy (non-hydrogen) atoms. The van der Waals surface area contributed by atoms with Crippen LogP contribution < -0.4 is 9.64 Å². The molecule has 1 unspecified atom stereocenters. The molecule has 0 bridgehead atoms. The first-order chi connectivity index (χ1) is 11.4. The predicted molar refractivity (Wildman–Crippen MR) is 86.1 cm³/mol. The molecule has 0 aliphatic carbocycles. The Morgan fingerprint density at radius 1 is 1.25 bits per heavy atom. The second-order valence-electron chi connectivity index (χ2n) is 5.55. The summed E-state index contributed by atoms with van der Waals surface area (Å²) in [4.78, 5) is 17.6. The Balaban J connectivity index is 1.75. The third kappa shape index (κ3) is 4.08. The van der Waals surface area contributed by atoms with Crippen molar-refractivity contribution in [2.45, 2.75) is 6.42 Å². The van der Waals surface area contributed by atoms with Gasteiger partial charge >= 0.3 is 10.2 Å². The van der Waals surface area contributed by atoms with Crippen molar-refractivity contribution in [2.75, 3.05) is 17.2 Å². The minimum atomic E-state index is -4.60. The van der Waals surface area contributed by atoms with E-state index in [0.29, 0.717) is 17.3 Å². The smallest absolute Gasteiger partial charge is 0.302 e. The first-order valence-corrected chi connectivity index (χ1v) is 8.87. The topological polar surface area (TPSA) is 76.6 Å². The van der Waals surface area contributed by atoms with Crippen LogP contribution >= 0.6 is 0 Å². The Hall–Kier alpha value is -2.48. The minimum Gasteiger partial charge on any atom is -0.439 e. The zero-order valence-electron chi connectivity index (χ0n) is 12.6. The highest BCUT2D eigenvalue weighted by molar-refractivity contribution is 7.86. The SMILES string of the molecule is O=C1CC(CS(=O)(=O)F)CN1c1cccc(Oc2ccccn2)c1. The number of rotatable bonds is 5. The van der Waals surface area contributed by atoms with E-state index < -0.39 is 21.9 Å². The number of hydrogen-bond acceptors (Lipinski definition) is 5. The highest BCUT2D eigenvalue weighted by atomic mass is 32.3. The predicted octanol–water partition coefficient (Wildman–Crippen LogP) is 2.53. The molecule has 1 amide bonds. The van der Waals surface area contributed by atoms with E-state index in [-0.39, 0.29) is 18.9 Å². The van der Waals surface area contributed by atoms with Gasteiger partial charge in [-0.15, -0.1) is 3.89 Å². The fourth-order valence-corrected chi connectivity index (χ4v) is 3.45. The van der Waals surface area contributed by atoms with Crippen molar-refractivity contribution in [3.63, 3.8) is 0 Å². The number of pyridine rings is 1. The third-order valence-corrected chi connectivity index (χ3v) is 4.50. The van der Waals surface area contributed by atoms with Crippen LogP contribution in [0.25, 0.3) is 0 Å². The summed E-state index contributed by atoms with van der Waals surface area (Å²) in [6.45, 7) is 0.162. The second-order valence-corrected chi connectivity index (χ2v) is 6.96. The van der Waals surface area contributed by atoms with Crippen molar-refractivity contribution < 1.29 is 21.8 Å². The zero-order chi connectivity index (χ0) is 17.2. The van der Waals surface area contributed by atoms with Crippen LogP contribution in [0.2, 0.25) is 0 Å². The van der Waals surface area contributed by atoms with Crippen molar-refractivity contribution in [1.29, 1.82) is 0 Å². The summed E-state index contributed by atoms with van der Waals surface area (Å²) >= 11 is 0. The van der Waals surface area contributed by atoms with E-state index in [1.54, 1.807) is 48.7 Å². The summed E-state index contributed by atoms with van der Waals surface area (Å²) in [6, 6.07) is 12.1. The number of ether oxygens (including phenoxy) is 1. The Morgan fingerprint density at radius 3 is 2.79 bits per heavy atom. The number of carbonyl (C=O) groups is 1. The lowest BCUT2D eigenvalue weighted by atomic mass is 10.1. The van der Waals surface area contributed by atoms with Gasteiger partial charge in [0.15, 0.2) is 0 Å². The van der Waals surface area contributed by atoms with Crippen LogP contribution in [0.4, 0.5) is 9.57 Å². The van der Waals surface area contributed by atoms with Gasteiger partial charge in [-0.3, -0.25) is 4.79 Å². The molecule has 1 aromatic carbocycles. The van der Waals surface area contributed by atoms with Crippen molar-refractivity contribution in [3.8, 4) is 11.6 Å². The monoisotopic (exact) mass is 350 g/mol. The first-order valence-electron chi connectivity index (χ1n) is 7.32. The zero-order valence-corrected chi connectivity index (χ0v) is 13.4. The maximum Gasteiger partial charge on any atom is 0.302 e. The van der Waals surface area contributed by atoms with Crippen molar-refractivity contribution in [1.82, 2.24) is 4.98 Å².